The van der Waals surface area contributed by atoms with Crippen LogP contribution in [0.3, 0.4) is 0 Å². The van der Waals surface area contributed by atoms with Gasteiger partial charge in [-0.05, 0) is 33.0 Å². The Kier molecular flexibility index (Phi) is 9.26. The van der Waals surface area contributed by atoms with E-state index in [0.717, 1.165) is 34.4 Å². The molecular weight excluding hydrogens is 424 g/mol. The maximum atomic E-state index is 11.6. The van der Waals surface area contributed by atoms with Gasteiger partial charge in [0.15, 0.2) is 5.82 Å². The number of aryl methyl sites for hydroxylation is 1. The van der Waals surface area contributed by atoms with Gasteiger partial charge in [0, 0.05) is 23.9 Å². The zero-order valence-corrected chi connectivity index (χ0v) is 19.0. The summed E-state index contributed by atoms with van der Waals surface area (Å²) in [5.41, 5.74) is 1.04. The van der Waals surface area contributed by atoms with Crippen molar-refractivity contribution in [2.45, 2.75) is 25.0 Å². The first-order chi connectivity index (χ1) is 15.8. The molecule has 2 aromatic carbocycles. The van der Waals surface area contributed by atoms with Gasteiger partial charge in [-0.1, -0.05) is 54.6 Å². The Labute approximate surface area is 192 Å². The highest BCUT2D eigenvalue weighted by Gasteiger charge is 2.44. The topological polar surface area (TPSA) is 127 Å². The number of carboxylic acid groups (broad SMARTS) is 2. The SMILES string of the molecule is Cc1nnc(N2CC[C@](O)(c3ccccc3)[C@H](N(C)C)C2)c2ccccc12.O=CO.O=CO. The van der Waals surface area contributed by atoms with Crippen LogP contribution in [-0.4, -0.2) is 76.6 Å². The van der Waals surface area contributed by atoms with E-state index in [0.29, 0.717) is 13.0 Å². The first-order valence-electron chi connectivity index (χ1n) is 10.4. The van der Waals surface area contributed by atoms with E-state index in [4.69, 9.17) is 19.8 Å². The number of piperidine rings is 1. The van der Waals surface area contributed by atoms with Gasteiger partial charge in [0.25, 0.3) is 12.9 Å². The summed E-state index contributed by atoms with van der Waals surface area (Å²) in [7, 11) is 4.06. The van der Waals surface area contributed by atoms with Crippen molar-refractivity contribution >= 4 is 29.5 Å². The third kappa shape index (κ3) is 5.82. The molecule has 3 N–H and O–H groups in total. The van der Waals surface area contributed by atoms with E-state index in [9.17, 15) is 5.11 Å². The molecule has 0 unspecified atom stereocenters. The standard InChI is InChI=1S/C22H26N4O.2CH2O2/c1-16-18-11-7-8-12-19(18)21(24-23-16)26-14-13-22(27,20(15-26)25(2)3)17-9-5-4-6-10-17;2*2-1-3/h4-12,20,27H,13-15H2,1-3H3;2*1H,(H,2,3)/t20-,22+;;/m1../s1. The summed E-state index contributed by atoms with van der Waals surface area (Å²) >= 11 is 0. The number of hydrogen-bond acceptors (Lipinski definition) is 7. The number of aromatic nitrogens is 2. The molecule has 1 fully saturated rings. The number of benzene rings is 2. The Morgan fingerprint density at radius 1 is 0.970 bits per heavy atom. The molecule has 0 radical (unpaired) electrons. The van der Waals surface area contributed by atoms with Crippen LogP contribution in [0.15, 0.2) is 54.6 Å². The summed E-state index contributed by atoms with van der Waals surface area (Å²) in [5, 5.41) is 36.5. The molecular formula is C24H30N4O5. The zero-order chi connectivity index (χ0) is 24.4. The second kappa shape index (κ2) is 11.9. The van der Waals surface area contributed by atoms with Gasteiger partial charge in [0.1, 0.15) is 5.60 Å². The van der Waals surface area contributed by atoms with Crippen molar-refractivity contribution < 1.29 is 24.9 Å². The fourth-order valence-electron chi connectivity index (χ4n) is 4.23. The number of aliphatic hydroxyl groups is 1. The lowest BCUT2D eigenvalue weighted by atomic mass is 9.79. The monoisotopic (exact) mass is 454 g/mol. The predicted molar refractivity (Wildman–Crippen MR) is 126 cm³/mol. The highest BCUT2D eigenvalue weighted by molar-refractivity contribution is 5.93. The largest absolute Gasteiger partial charge is 0.483 e. The molecule has 33 heavy (non-hydrogen) atoms. The van der Waals surface area contributed by atoms with Crippen LogP contribution in [0.25, 0.3) is 10.8 Å². The van der Waals surface area contributed by atoms with Gasteiger partial charge in [-0.25, -0.2) is 0 Å². The summed E-state index contributed by atoms with van der Waals surface area (Å²) in [4.78, 5) is 21.1. The van der Waals surface area contributed by atoms with Crippen LogP contribution in [0.1, 0.15) is 17.7 Å². The van der Waals surface area contributed by atoms with Crippen molar-refractivity contribution in [3.05, 3.63) is 65.9 Å². The Balaban J connectivity index is 0.000000582. The summed E-state index contributed by atoms with van der Waals surface area (Å²) in [6.45, 7) is 2.92. The number of rotatable bonds is 3. The molecule has 1 saturated heterocycles. The lowest BCUT2D eigenvalue weighted by molar-refractivity contribution is -0.123. The minimum Gasteiger partial charge on any atom is -0.483 e. The van der Waals surface area contributed by atoms with Gasteiger partial charge in [-0.15, -0.1) is 5.10 Å². The average Bonchev–Trinajstić information content (AvgIpc) is 2.81. The van der Waals surface area contributed by atoms with Crippen molar-refractivity contribution in [3.63, 3.8) is 0 Å². The van der Waals surface area contributed by atoms with Gasteiger partial charge in [-0.3, -0.25) is 9.59 Å². The number of nitrogens with zero attached hydrogens (tertiary/aromatic N) is 4. The summed E-state index contributed by atoms with van der Waals surface area (Å²) in [5.74, 6) is 0.901. The second-order valence-electron chi connectivity index (χ2n) is 7.83. The fraction of sp³-hybridized carbons (Fsp3) is 0.333. The lowest BCUT2D eigenvalue weighted by Crippen LogP contribution is -2.59. The molecule has 0 amide bonds. The van der Waals surface area contributed by atoms with E-state index >= 15 is 0 Å². The second-order valence-corrected chi connectivity index (χ2v) is 7.83. The third-order valence-corrected chi connectivity index (χ3v) is 5.76. The van der Waals surface area contributed by atoms with Gasteiger partial charge in [-0.2, -0.15) is 5.10 Å². The number of anilines is 1. The molecule has 1 aromatic heterocycles. The summed E-state index contributed by atoms with van der Waals surface area (Å²) < 4.78 is 0. The van der Waals surface area contributed by atoms with E-state index in [1.54, 1.807) is 0 Å². The molecule has 0 saturated carbocycles. The molecule has 1 aliphatic rings. The predicted octanol–water partition coefficient (Wildman–Crippen LogP) is 2.37. The maximum Gasteiger partial charge on any atom is 0.290 e. The highest BCUT2D eigenvalue weighted by Crippen LogP contribution is 2.37. The summed E-state index contributed by atoms with van der Waals surface area (Å²) in [6.07, 6.45) is 0.643. The quantitative estimate of drug-likeness (QED) is 0.511. The minimum atomic E-state index is -0.880. The van der Waals surface area contributed by atoms with E-state index in [1.807, 2.05) is 63.5 Å². The molecule has 2 heterocycles. The number of carbonyl (C=O) groups is 2. The van der Waals surface area contributed by atoms with Crippen LogP contribution in [-0.2, 0) is 15.2 Å². The zero-order valence-electron chi connectivity index (χ0n) is 19.0. The van der Waals surface area contributed by atoms with E-state index in [1.165, 1.54) is 0 Å². The van der Waals surface area contributed by atoms with Crippen LogP contribution in [0.4, 0.5) is 5.82 Å². The Morgan fingerprint density at radius 3 is 2.09 bits per heavy atom. The van der Waals surface area contributed by atoms with Gasteiger partial charge in [0.2, 0.25) is 0 Å². The molecule has 176 valence electrons. The van der Waals surface area contributed by atoms with Crippen LogP contribution in [0.2, 0.25) is 0 Å². The normalized spacial score (nSPS) is 19.7. The third-order valence-electron chi connectivity index (χ3n) is 5.76. The van der Waals surface area contributed by atoms with Gasteiger partial charge in [0.05, 0.1) is 11.7 Å². The maximum absolute atomic E-state index is 11.6. The van der Waals surface area contributed by atoms with Crippen molar-refractivity contribution in [2.75, 3.05) is 32.1 Å². The van der Waals surface area contributed by atoms with E-state index < -0.39 is 5.60 Å². The van der Waals surface area contributed by atoms with Crippen LogP contribution < -0.4 is 4.90 Å². The molecule has 9 nitrogen and oxygen atoms in total. The average molecular weight is 455 g/mol. The molecule has 0 aliphatic carbocycles. The molecule has 3 aromatic rings. The van der Waals surface area contributed by atoms with Crippen LogP contribution >= 0.6 is 0 Å². The first-order valence-corrected chi connectivity index (χ1v) is 10.4. The fourth-order valence-corrected chi connectivity index (χ4v) is 4.23. The molecule has 4 rings (SSSR count). The Morgan fingerprint density at radius 2 is 1.52 bits per heavy atom. The van der Waals surface area contributed by atoms with Crippen molar-refractivity contribution in [3.8, 4) is 0 Å². The number of fused-ring (bicyclic) bond motifs is 1. The lowest BCUT2D eigenvalue weighted by Gasteiger charge is -2.48. The molecule has 1 aliphatic heterocycles. The minimum absolute atomic E-state index is 0.0458. The Hall–Kier alpha value is -3.56. The molecule has 0 spiro atoms. The van der Waals surface area contributed by atoms with Crippen LogP contribution in [0.5, 0.6) is 0 Å². The van der Waals surface area contributed by atoms with Gasteiger partial charge >= 0.3 is 0 Å². The summed E-state index contributed by atoms with van der Waals surface area (Å²) in [6, 6.07) is 18.2. The van der Waals surface area contributed by atoms with Gasteiger partial charge < -0.3 is 25.1 Å². The van der Waals surface area contributed by atoms with Crippen LogP contribution in [0, 0.1) is 6.92 Å². The highest BCUT2D eigenvalue weighted by atomic mass is 16.3. The molecule has 0 bridgehead atoms. The molecule has 2 atom stereocenters. The first kappa shape index (κ1) is 25.7. The number of hydrogen-bond donors (Lipinski definition) is 3. The smallest absolute Gasteiger partial charge is 0.290 e. The van der Waals surface area contributed by atoms with E-state index in [-0.39, 0.29) is 19.0 Å². The van der Waals surface area contributed by atoms with Crippen molar-refractivity contribution in [1.82, 2.24) is 15.1 Å². The van der Waals surface area contributed by atoms with Crippen molar-refractivity contribution in [2.24, 2.45) is 0 Å². The molecule has 9 heteroatoms. The number of likely N-dealkylation sites (N-methyl/N-ethyl adjacent to an activating group) is 1. The Bertz CT molecular complexity index is 1040. The van der Waals surface area contributed by atoms with Crippen molar-refractivity contribution in [1.29, 1.82) is 0 Å². The van der Waals surface area contributed by atoms with E-state index in [2.05, 4.69) is 32.1 Å².